The molecule has 8 nitrogen and oxygen atoms in total. The molecule has 0 aromatic rings. The van der Waals surface area contributed by atoms with E-state index in [1.807, 2.05) is 0 Å². The van der Waals surface area contributed by atoms with E-state index in [2.05, 4.69) is 5.32 Å². The lowest BCUT2D eigenvalue weighted by Gasteiger charge is -2.28. The number of nitrogens with zero attached hydrogens (tertiary/aromatic N) is 1. The summed E-state index contributed by atoms with van der Waals surface area (Å²) in [6.45, 7) is 0.983. The van der Waals surface area contributed by atoms with E-state index >= 15 is 0 Å². The Morgan fingerprint density at radius 2 is 1.56 bits per heavy atom. The normalized spacial score (nSPS) is 12.3. The molecule has 0 radical (unpaired) electrons. The highest BCUT2D eigenvalue weighted by Crippen LogP contribution is 2.03. The van der Waals surface area contributed by atoms with Gasteiger partial charge in [-0.1, -0.05) is 6.92 Å². The fourth-order valence-electron chi connectivity index (χ4n) is 1.54. The molecule has 0 spiro atoms. The first-order chi connectivity index (χ1) is 8.36. The Morgan fingerprint density at radius 3 is 1.89 bits per heavy atom. The third-order valence-electron chi connectivity index (χ3n) is 2.32. The van der Waals surface area contributed by atoms with E-state index in [0.29, 0.717) is 6.42 Å². The van der Waals surface area contributed by atoms with Gasteiger partial charge in [0.05, 0.1) is 19.6 Å². The third-order valence-corrected chi connectivity index (χ3v) is 2.32. The number of carbonyl (C=O) groups is 3. The van der Waals surface area contributed by atoms with Gasteiger partial charge in [-0.15, -0.1) is 0 Å². The average molecular weight is 262 g/mol. The molecular weight excluding hydrogens is 244 g/mol. The molecule has 0 saturated carbocycles. The summed E-state index contributed by atoms with van der Waals surface area (Å²) in [5.74, 6) is -3.26. The quantitative estimate of drug-likeness (QED) is 0.391. The highest BCUT2D eigenvalue weighted by molar-refractivity contribution is 5.72. The molecule has 8 heteroatoms. The van der Waals surface area contributed by atoms with E-state index in [1.165, 1.54) is 4.90 Å². The van der Waals surface area contributed by atoms with Gasteiger partial charge in [0.15, 0.2) is 0 Å². The molecular formula is C10H18N2O6. The number of carboxylic acid groups (broad SMARTS) is 3. The summed E-state index contributed by atoms with van der Waals surface area (Å²) in [5, 5.41) is 28.5. The van der Waals surface area contributed by atoms with Crippen LogP contribution in [0.5, 0.6) is 0 Å². The second-order valence-electron chi connectivity index (χ2n) is 3.78. The lowest BCUT2D eigenvalue weighted by atomic mass is 10.2. The highest BCUT2D eigenvalue weighted by Gasteiger charge is 2.21. The van der Waals surface area contributed by atoms with Crippen molar-refractivity contribution < 1.29 is 29.7 Å². The topological polar surface area (TPSA) is 127 Å². The number of aliphatic carboxylic acids is 3. The minimum atomic E-state index is -1.12. The van der Waals surface area contributed by atoms with Crippen molar-refractivity contribution in [2.45, 2.75) is 19.4 Å². The van der Waals surface area contributed by atoms with Crippen LogP contribution in [-0.4, -0.2) is 70.3 Å². The van der Waals surface area contributed by atoms with Crippen LogP contribution in [0.15, 0.2) is 0 Å². The molecule has 0 fully saturated rings. The first-order valence-electron chi connectivity index (χ1n) is 5.47. The zero-order chi connectivity index (χ0) is 14.1. The van der Waals surface area contributed by atoms with Crippen LogP contribution < -0.4 is 5.32 Å². The first kappa shape index (κ1) is 16.3. The molecule has 0 bridgehead atoms. The molecule has 0 aliphatic heterocycles. The number of hydrogen-bond donors (Lipinski definition) is 4. The molecule has 0 amide bonds. The van der Waals surface area contributed by atoms with Gasteiger partial charge in [0.2, 0.25) is 0 Å². The molecule has 0 saturated heterocycles. The molecule has 4 N–H and O–H groups in total. The SMILES string of the molecule is CCC(CNCC(=O)O)N(CC(=O)O)CC(=O)O. The van der Waals surface area contributed by atoms with E-state index in [-0.39, 0.29) is 32.2 Å². The van der Waals surface area contributed by atoms with Gasteiger partial charge in [-0.25, -0.2) is 0 Å². The Morgan fingerprint density at radius 1 is 1.06 bits per heavy atom. The minimum absolute atomic E-state index is 0.226. The number of rotatable bonds is 10. The summed E-state index contributed by atoms with van der Waals surface area (Å²) in [4.78, 5) is 32.9. The van der Waals surface area contributed by atoms with Crippen molar-refractivity contribution in [2.75, 3.05) is 26.2 Å². The zero-order valence-electron chi connectivity index (χ0n) is 10.1. The Hall–Kier alpha value is -1.67. The highest BCUT2D eigenvalue weighted by atomic mass is 16.4. The van der Waals surface area contributed by atoms with Gasteiger partial charge in [-0.2, -0.15) is 0 Å². The molecule has 0 heterocycles. The van der Waals surface area contributed by atoms with E-state index in [4.69, 9.17) is 15.3 Å². The van der Waals surface area contributed by atoms with Gasteiger partial charge >= 0.3 is 17.9 Å². The molecule has 0 aromatic heterocycles. The second kappa shape index (κ2) is 8.43. The Kier molecular flexibility index (Phi) is 7.64. The monoisotopic (exact) mass is 262 g/mol. The minimum Gasteiger partial charge on any atom is -0.480 e. The van der Waals surface area contributed by atoms with Crippen LogP contribution in [0.3, 0.4) is 0 Å². The molecule has 1 unspecified atom stereocenters. The fourth-order valence-corrected chi connectivity index (χ4v) is 1.54. The van der Waals surface area contributed by atoms with Crippen LogP contribution in [0.1, 0.15) is 13.3 Å². The number of hydrogen-bond acceptors (Lipinski definition) is 5. The predicted octanol–water partition coefficient (Wildman–Crippen LogP) is -1.09. The maximum atomic E-state index is 10.6. The van der Waals surface area contributed by atoms with Crippen molar-refractivity contribution in [2.24, 2.45) is 0 Å². The van der Waals surface area contributed by atoms with Crippen molar-refractivity contribution in [3.8, 4) is 0 Å². The number of carboxylic acids is 3. The maximum Gasteiger partial charge on any atom is 0.317 e. The lowest BCUT2D eigenvalue weighted by Crippen LogP contribution is -2.47. The van der Waals surface area contributed by atoms with Crippen LogP contribution in [-0.2, 0) is 14.4 Å². The summed E-state index contributed by atoms with van der Waals surface area (Å²) in [5.41, 5.74) is 0. The summed E-state index contributed by atoms with van der Waals surface area (Å²) in [7, 11) is 0. The first-order valence-corrected chi connectivity index (χ1v) is 5.47. The fraction of sp³-hybridized carbons (Fsp3) is 0.700. The summed E-state index contributed by atoms with van der Waals surface area (Å²) >= 11 is 0. The third kappa shape index (κ3) is 7.58. The standard InChI is InChI=1S/C10H18N2O6/c1-2-7(3-11-4-8(13)14)12(5-9(15)16)6-10(17)18/h7,11H,2-6H2,1H3,(H,13,14)(H,15,16)(H,17,18). The van der Waals surface area contributed by atoms with Gasteiger partial charge in [0.1, 0.15) is 0 Å². The predicted molar refractivity (Wildman–Crippen MR) is 61.4 cm³/mol. The molecule has 18 heavy (non-hydrogen) atoms. The maximum absolute atomic E-state index is 10.6. The largest absolute Gasteiger partial charge is 0.480 e. The van der Waals surface area contributed by atoms with Crippen molar-refractivity contribution in [1.82, 2.24) is 10.2 Å². The van der Waals surface area contributed by atoms with Crippen LogP contribution in [0, 0.1) is 0 Å². The van der Waals surface area contributed by atoms with E-state index in [0.717, 1.165) is 0 Å². The molecule has 104 valence electrons. The lowest BCUT2D eigenvalue weighted by molar-refractivity contribution is -0.143. The van der Waals surface area contributed by atoms with Crippen molar-refractivity contribution >= 4 is 17.9 Å². The van der Waals surface area contributed by atoms with Gasteiger partial charge in [-0.05, 0) is 6.42 Å². The van der Waals surface area contributed by atoms with Crippen molar-refractivity contribution in [1.29, 1.82) is 0 Å². The Bertz CT molecular complexity index is 291. The van der Waals surface area contributed by atoms with Crippen LogP contribution >= 0.6 is 0 Å². The van der Waals surface area contributed by atoms with Gasteiger partial charge in [0, 0.05) is 12.6 Å². The van der Waals surface area contributed by atoms with Crippen LogP contribution in [0.25, 0.3) is 0 Å². The van der Waals surface area contributed by atoms with E-state index < -0.39 is 17.9 Å². The van der Waals surface area contributed by atoms with Crippen molar-refractivity contribution in [3.63, 3.8) is 0 Å². The van der Waals surface area contributed by atoms with Gasteiger partial charge < -0.3 is 20.6 Å². The summed E-state index contributed by atoms with van der Waals surface area (Å²) in [6, 6.07) is -0.337. The summed E-state index contributed by atoms with van der Waals surface area (Å²) < 4.78 is 0. The molecule has 0 aliphatic carbocycles. The second-order valence-corrected chi connectivity index (χ2v) is 3.78. The Balaban J connectivity index is 4.43. The van der Waals surface area contributed by atoms with E-state index in [1.54, 1.807) is 6.92 Å². The molecule has 1 atom stereocenters. The average Bonchev–Trinajstić information content (AvgIpc) is 2.21. The Labute approximate surface area is 104 Å². The summed E-state index contributed by atoms with van der Waals surface area (Å²) in [6.07, 6.45) is 0.521. The molecule has 0 rings (SSSR count). The number of nitrogens with one attached hydrogen (secondary N) is 1. The van der Waals surface area contributed by atoms with Gasteiger partial charge in [-0.3, -0.25) is 19.3 Å². The van der Waals surface area contributed by atoms with Crippen molar-refractivity contribution in [3.05, 3.63) is 0 Å². The van der Waals surface area contributed by atoms with Crippen LogP contribution in [0.4, 0.5) is 0 Å². The zero-order valence-corrected chi connectivity index (χ0v) is 10.1. The van der Waals surface area contributed by atoms with E-state index in [9.17, 15) is 14.4 Å². The molecule has 0 aromatic carbocycles. The van der Waals surface area contributed by atoms with Crippen LogP contribution in [0.2, 0.25) is 0 Å². The smallest absolute Gasteiger partial charge is 0.317 e. The van der Waals surface area contributed by atoms with Gasteiger partial charge in [0.25, 0.3) is 0 Å². The molecule has 0 aliphatic rings.